The minimum absolute atomic E-state index is 0.125. The summed E-state index contributed by atoms with van der Waals surface area (Å²) in [4.78, 5) is 4.30. The maximum atomic E-state index is 5.65. The van der Waals surface area contributed by atoms with Crippen molar-refractivity contribution in [3.63, 3.8) is 0 Å². The van der Waals surface area contributed by atoms with Crippen LogP contribution in [0.2, 0.25) is 0 Å². The second-order valence-corrected chi connectivity index (χ2v) is 4.49. The van der Waals surface area contributed by atoms with Crippen LogP contribution in [-0.2, 0) is 5.54 Å². The maximum absolute atomic E-state index is 5.65. The van der Waals surface area contributed by atoms with Gasteiger partial charge in [-0.05, 0) is 38.5 Å². The van der Waals surface area contributed by atoms with Crippen LogP contribution in [0.3, 0.4) is 0 Å². The summed E-state index contributed by atoms with van der Waals surface area (Å²) >= 11 is 0. The monoisotopic (exact) mass is 203 g/mol. The molecule has 0 saturated carbocycles. The fourth-order valence-corrected chi connectivity index (χ4v) is 1.73. The molecule has 3 nitrogen and oxygen atoms in total. The molecule has 15 heavy (non-hydrogen) atoms. The van der Waals surface area contributed by atoms with Gasteiger partial charge in [0, 0.05) is 11.7 Å². The zero-order valence-electron chi connectivity index (χ0n) is 9.49. The van der Waals surface area contributed by atoms with E-state index in [-0.39, 0.29) is 5.54 Å². The Labute approximate surface area is 89.9 Å². The van der Waals surface area contributed by atoms with Crippen molar-refractivity contribution in [2.24, 2.45) is 0 Å². The Morgan fingerprint density at radius 1 is 1.33 bits per heavy atom. The van der Waals surface area contributed by atoms with E-state index in [2.05, 4.69) is 36.5 Å². The van der Waals surface area contributed by atoms with Gasteiger partial charge in [-0.2, -0.15) is 0 Å². The molecule has 2 rings (SSSR count). The van der Waals surface area contributed by atoms with Crippen molar-refractivity contribution >= 4 is 16.9 Å². The van der Waals surface area contributed by atoms with Crippen LogP contribution < -0.4 is 5.73 Å². The van der Waals surface area contributed by atoms with E-state index in [1.165, 1.54) is 0 Å². The molecule has 0 fully saturated rings. The van der Waals surface area contributed by atoms with Crippen LogP contribution in [-0.4, -0.2) is 9.55 Å². The van der Waals surface area contributed by atoms with Crippen LogP contribution in [0.5, 0.6) is 0 Å². The Balaban J connectivity index is 2.64. The average Bonchev–Trinajstić information content (AvgIpc) is 2.61. The third-order valence-corrected chi connectivity index (χ3v) is 3.08. The van der Waals surface area contributed by atoms with Crippen molar-refractivity contribution in [1.29, 1.82) is 0 Å². The number of nitrogen functional groups attached to an aromatic ring is 1. The number of anilines is 1. The van der Waals surface area contributed by atoms with Gasteiger partial charge in [0.2, 0.25) is 0 Å². The molecule has 0 aromatic carbocycles. The molecular weight excluding hydrogens is 186 g/mol. The van der Waals surface area contributed by atoms with Gasteiger partial charge in [-0.1, -0.05) is 6.92 Å². The number of hydrogen-bond donors (Lipinski definition) is 1. The summed E-state index contributed by atoms with van der Waals surface area (Å²) in [6.45, 7) is 6.64. The summed E-state index contributed by atoms with van der Waals surface area (Å²) in [5.74, 6) is 0.578. The molecule has 80 valence electrons. The van der Waals surface area contributed by atoms with Crippen LogP contribution in [0.25, 0.3) is 11.0 Å². The predicted octanol–water partition coefficient (Wildman–Crippen LogP) is 2.76. The SMILES string of the molecule is CCC(C)(C)n1ccc2nc(N)ccc21. The zero-order chi connectivity index (χ0) is 11.1. The minimum atomic E-state index is 0.125. The predicted molar refractivity (Wildman–Crippen MR) is 63.8 cm³/mol. The Morgan fingerprint density at radius 3 is 2.73 bits per heavy atom. The first kappa shape index (κ1) is 10.0. The van der Waals surface area contributed by atoms with Gasteiger partial charge in [0.05, 0.1) is 11.0 Å². The number of hydrogen-bond acceptors (Lipinski definition) is 2. The lowest BCUT2D eigenvalue weighted by atomic mass is 10.0. The average molecular weight is 203 g/mol. The van der Waals surface area contributed by atoms with Gasteiger partial charge in [0.25, 0.3) is 0 Å². The second-order valence-electron chi connectivity index (χ2n) is 4.49. The summed E-state index contributed by atoms with van der Waals surface area (Å²) in [6.07, 6.45) is 3.17. The molecule has 0 aliphatic heterocycles. The van der Waals surface area contributed by atoms with E-state index >= 15 is 0 Å². The zero-order valence-corrected chi connectivity index (χ0v) is 9.49. The summed E-state index contributed by atoms with van der Waals surface area (Å²) < 4.78 is 2.26. The third-order valence-electron chi connectivity index (χ3n) is 3.08. The first-order valence-corrected chi connectivity index (χ1v) is 5.28. The molecule has 0 bridgehead atoms. The maximum Gasteiger partial charge on any atom is 0.124 e. The molecule has 2 heterocycles. The Hall–Kier alpha value is -1.51. The number of rotatable bonds is 2. The van der Waals surface area contributed by atoms with E-state index in [9.17, 15) is 0 Å². The third kappa shape index (κ3) is 1.58. The molecule has 2 aromatic rings. The first-order chi connectivity index (χ1) is 7.04. The van der Waals surface area contributed by atoms with Crippen LogP contribution >= 0.6 is 0 Å². The van der Waals surface area contributed by atoms with Crippen LogP contribution in [0.4, 0.5) is 5.82 Å². The minimum Gasteiger partial charge on any atom is -0.384 e. The van der Waals surface area contributed by atoms with Gasteiger partial charge < -0.3 is 10.3 Å². The number of aromatic nitrogens is 2. The molecule has 2 N–H and O–H groups in total. The fourth-order valence-electron chi connectivity index (χ4n) is 1.73. The quantitative estimate of drug-likeness (QED) is 0.815. The van der Waals surface area contributed by atoms with Crippen LogP contribution in [0.15, 0.2) is 24.4 Å². The summed E-state index contributed by atoms with van der Waals surface area (Å²) in [7, 11) is 0. The molecule has 3 heteroatoms. The van der Waals surface area contributed by atoms with Gasteiger partial charge in [0.1, 0.15) is 5.82 Å². The summed E-state index contributed by atoms with van der Waals surface area (Å²) in [6, 6.07) is 5.91. The van der Waals surface area contributed by atoms with E-state index < -0.39 is 0 Å². The van der Waals surface area contributed by atoms with Crippen LogP contribution in [0.1, 0.15) is 27.2 Å². The molecular formula is C12H17N3. The lowest BCUT2D eigenvalue weighted by Crippen LogP contribution is -2.24. The van der Waals surface area contributed by atoms with E-state index in [0.717, 1.165) is 17.5 Å². The molecule has 0 amide bonds. The number of fused-ring (bicyclic) bond motifs is 1. The van der Waals surface area contributed by atoms with Gasteiger partial charge >= 0.3 is 0 Å². The smallest absolute Gasteiger partial charge is 0.124 e. The molecule has 0 aliphatic rings. The summed E-state index contributed by atoms with van der Waals surface area (Å²) in [5, 5.41) is 0. The highest BCUT2D eigenvalue weighted by Gasteiger charge is 2.19. The molecule has 0 aliphatic carbocycles. The van der Waals surface area contributed by atoms with Crippen molar-refractivity contribution in [1.82, 2.24) is 9.55 Å². The second kappa shape index (κ2) is 3.26. The first-order valence-electron chi connectivity index (χ1n) is 5.28. The molecule has 2 aromatic heterocycles. The van der Waals surface area contributed by atoms with Crippen molar-refractivity contribution in [3.8, 4) is 0 Å². The highest BCUT2D eigenvalue weighted by Crippen LogP contribution is 2.26. The lowest BCUT2D eigenvalue weighted by molar-refractivity contribution is 0.354. The van der Waals surface area contributed by atoms with Gasteiger partial charge in [-0.3, -0.25) is 0 Å². The van der Waals surface area contributed by atoms with Crippen molar-refractivity contribution in [3.05, 3.63) is 24.4 Å². The topological polar surface area (TPSA) is 43.8 Å². The van der Waals surface area contributed by atoms with E-state index in [4.69, 9.17) is 5.73 Å². The molecule has 0 radical (unpaired) electrons. The van der Waals surface area contributed by atoms with Gasteiger partial charge in [-0.25, -0.2) is 4.98 Å². The van der Waals surface area contributed by atoms with Crippen molar-refractivity contribution in [2.45, 2.75) is 32.7 Å². The lowest BCUT2D eigenvalue weighted by Gasteiger charge is -2.26. The van der Waals surface area contributed by atoms with Crippen molar-refractivity contribution in [2.75, 3.05) is 5.73 Å². The van der Waals surface area contributed by atoms with E-state index in [0.29, 0.717) is 5.82 Å². The molecule has 0 unspecified atom stereocenters. The van der Waals surface area contributed by atoms with Crippen molar-refractivity contribution < 1.29 is 0 Å². The molecule has 0 atom stereocenters. The molecule has 0 spiro atoms. The highest BCUT2D eigenvalue weighted by molar-refractivity contribution is 5.77. The fraction of sp³-hybridized carbons (Fsp3) is 0.417. The number of pyridine rings is 1. The highest BCUT2D eigenvalue weighted by atomic mass is 15.0. The van der Waals surface area contributed by atoms with E-state index in [1.54, 1.807) is 0 Å². The standard InChI is InChI=1S/C12H17N3/c1-4-12(2,3)15-8-7-9-10(15)5-6-11(13)14-9/h5-8H,4H2,1-3H3,(H2,13,14). The Bertz CT molecular complexity index is 483. The molecule has 0 saturated heterocycles. The number of nitrogens with zero attached hydrogens (tertiary/aromatic N) is 2. The Morgan fingerprint density at radius 2 is 2.07 bits per heavy atom. The normalized spacial score (nSPS) is 12.2. The summed E-state index contributed by atoms with van der Waals surface area (Å²) in [5.41, 5.74) is 7.90. The Kier molecular flexibility index (Phi) is 2.18. The van der Waals surface area contributed by atoms with Crippen LogP contribution in [0, 0.1) is 0 Å². The largest absolute Gasteiger partial charge is 0.384 e. The van der Waals surface area contributed by atoms with Gasteiger partial charge in [-0.15, -0.1) is 0 Å². The van der Waals surface area contributed by atoms with Gasteiger partial charge in [0.15, 0.2) is 0 Å². The van der Waals surface area contributed by atoms with E-state index in [1.807, 2.05) is 18.2 Å². The number of nitrogens with two attached hydrogens (primary N) is 1.